The smallest absolute Gasteiger partial charge is 0.407 e. The van der Waals surface area contributed by atoms with Gasteiger partial charge in [0.05, 0.1) is 17.7 Å². The summed E-state index contributed by atoms with van der Waals surface area (Å²) in [6.07, 6.45) is 0.235. The number of carbonyl (C=O) groups excluding carboxylic acids is 1. The van der Waals surface area contributed by atoms with Crippen LogP contribution in [0.5, 0.6) is 0 Å². The maximum Gasteiger partial charge on any atom is 0.407 e. The Labute approximate surface area is 231 Å². The van der Waals surface area contributed by atoms with Crippen molar-refractivity contribution in [1.82, 2.24) is 5.32 Å². The Balaban J connectivity index is 2.27. The third-order valence-corrected chi connectivity index (χ3v) is 6.86. The maximum absolute atomic E-state index is 13.4. The second-order valence-electron chi connectivity index (χ2n) is 11.7. The highest BCUT2D eigenvalue weighted by Crippen LogP contribution is 2.48. The lowest BCUT2D eigenvalue weighted by Gasteiger charge is -2.42. The van der Waals surface area contributed by atoms with Crippen molar-refractivity contribution in [2.75, 3.05) is 6.54 Å². The fourth-order valence-electron chi connectivity index (χ4n) is 5.04. The molecule has 1 heterocycles. The van der Waals surface area contributed by atoms with E-state index in [9.17, 15) is 20.0 Å². The van der Waals surface area contributed by atoms with Crippen LogP contribution in [0.1, 0.15) is 70.2 Å². The van der Waals surface area contributed by atoms with Gasteiger partial charge >= 0.3 is 12.1 Å². The molecule has 0 saturated heterocycles. The van der Waals surface area contributed by atoms with Crippen molar-refractivity contribution in [2.24, 2.45) is 16.3 Å². The third kappa shape index (κ3) is 6.94. The number of aliphatic imine (C=N–C) groups is 1. The van der Waals surface area contributed by atoms with E-state index in [1.807, 2.05) is 38.1 Å². The minimum atomic E-state index is -1.41. The van der Waals surface area contributed by atoms with Crippen molar-refractivity contribution in [2.45, 2.75) is 73.0 Å². The zero-order valence-corrected chi connectivity index (χ0v) is 24.0. The lowest BCUT2D eigenvalue weighted by atomic mass is 9.64. The number of nitriles is 1. The molecule has 7 nitrogen and oxygen atoms in total. The zero-order valence-electron chi connectivity index (χ0n) is 24.0. The second kappa shape index (κ2) is 11.9. The Kier molecular flexibility index (Phi) is 9.01. The first-order valence-electron chi connectivity index (χ1n) is 13.3. The number of ether oxygens (including phenoxy) is 1. The van der Waals surface area contributed by atoms with E-state index in [0.29, 0.717) is 23.1 Å². The van der Waals surface area contributed by atoms with Gasteiger partial charge in [-0.25, -0.2) is 4.79 Å². The number of carbonyl (C=O) groups is 2. The van der Waals surface area contributed by atoms with Crippen LogP contribution in [0.15, 0.2) is 59.1 Å². The minimum absolute atomic E-state index is 0.0821. The van der Waals surface area contributed by atoms with Gasteiger partial charge in [0.1, 0.15) is 11.0 Å². The predicted octanol–water partition coefficient (Wildman–Crippen LogP) is 6.35. The molecule has 0 spiro atoms. The molecule has 0 radical (unpaired) electrons. The minimum Gasteiger partial charge on any atom is -0.481 e. The summed E-state index contributed by atoms with van der Waals surface area (Å²) in [5.74, 6) is -0.723. The van der Waals surface area contributed by atoms with Crippen molar-refractivity contribution in [1.29, 1.82) is 5.26 Å². The number of hydrogen-bond donors (Lipinski definition) is 2. The van der Waals surface area contributed by atoms with Gasteiger partial charge in [0, 0.05) is 12.3 Å². The molecule has 0 saturated carbocycles. The van der Waals surface area contributed by atoms with Crippen molar-refractivity contribution in [3.8, 4) is 6.07 Å². The molecule has 1 amide bonds. The topological polar surface area (TPSA) is 112 Å². The molecule has 1 aliphatic heterocycles. The Hall–Kier alpha value is -3.92. The van der Waals surface area contributed by atoms with Gasteiger partial charge in [-0.2, -0.15) is 5.26 Å². The van der Waals surface area contributed by atoms with Crippen LogP contribution in [0.3, 0.4) is 0 Å². The zero-order chi connectivity index (χ0) is 29.0. The predicted molar refractivity (Wildman–Crippen MR) is 154 cm³/mol. The average Bonchev–Trinajstić information content (AvgIpc) is 2.84. The molecular weight excluding hydrogens is 490 g/mol. The van der Waals surface area contributed by atoms with Gasteiger partial charge in [-0.1, -0.05) is 55.8 Å². The van der Waals surface area contributed by atoms with Crippen LogP contribution in [0, 0.1) is 29.6 Å². The van der Waals surface area contributed by atoms with Crippen LogP contribution in [-0.4, -0.2) is 41.1 Å². The molecule has 2 atom stereocenters. The number of aliphatic carboxylic acids is 1. The molecule has 1 aliphatic rings. The number of carboxylic acid groups (broad SMARTS) is 1. The first-order chi connectivity index (χ1) is 18.3. The number of amides is 1. The number of rotatable bonds is 8. The number of aryl methyl sites for hydroxylation is 1. The van der Waals surface area contributed by atoms with E-state index in [-0.39, 0.29) is 18.9 Å². The summed E-state index contributed by atoms with van der Waals surface area (Å²) in [5, 5.41) is 23.1. The van der Waals surface area contributed by atoms with E-state index in [0.717, 1.165) is 22.4 Å². The van der Waals surface area contributed by atoms with Crippen molar-refractivity contribution < 1.29 is 19.4 Å². The summed E-state index contributed by atoms with van der Waals surface area (Å²) in [4.78, 5) is 31.1. The largest absolute Gasteiger partial charge is 0.481 e. The number of carboxylic acids is 1. The van der Waals surface area contributed by atoms with Gasteiger partial charge in [0.15, 0.2) is 0 Å². The first kappa shape index (κ1) is 29.6. The fourth-order valence-corrected chi connectivity index (χ4v) is 5.04. The number of nitrogens with one attached hydrogen (secondary N) is 1. The van der Waals surface area contributed by atoms with Crippen LogP contribution in [0.25, 0.3) is 5.57 Å². The summed E-state index contributed by atoms with van der Waals surface area (Å²) < 4.78 is 5.48. The van der Waals surface area contributed by atoms with Crippen molar-refractivity contribution >= 4 is 23.3 Å². The SMILES string of the molecule is Cc1ccc(C2=C(CNC(=O)OC(C)(C)C)C(CC(C)C)=NC(C)C2(Cc2ccc(C#N)cc2)C(=O)O)cc1. The van der Waals surface area contributed by atoms with E-state index < -0.39 is 29.1 Å². The van der Waals surface area contributed by atoms with E-state index in [4.69, 9.17) is 9.73 Å². The molecular formula is C32H39N3O4. The molecule has 0 aromatic heterocycles. The molecule has 2 unspecified atom stereocenters. The maximum atomic E-state index is 13.4. The summed E-state index contributed by atoms with van der Waals surface area (Å²) in [6.45, 7) is 13.5. The number of hydrogen-bond acceptors (Lipinski definition) is 5. The quantitative estimate of drug-likeness (QED) is 0.414. The Bertz CT molecular complexity index is 1310. The normalized spacial score (nSPS) is 19.4. The molecule has 2 N–H and O–H groups in total. The fraction of sp³-hybridized carbons (Fsp3) is 0.438. The first-order valence-corrected chi connectivity index (χ1v) is 13.3. The Morgan fingerprint density at radius 3 is 2.26 bits per heavy atom. The molecule has 39 heavy (non-hydrogen) atoms. The van der Waals surface area contributed by atoms with E-state index in [1.54, 1.807) is 45.0 Å². The molecule has 0 fully saturated rings. The van der Waals surface area contributed by atoms with Gasteiger partial charge < -0.3 is 15.2 Å². The molecule has 7 heteroatoms. The lowest BCUT2D eigenvalue weighted by molar-refractivity contribution is -0.146. The third-order valence-electron chi connectivity index (χ3n) is 6.86. The molecule has 0 aliphatic carbocycles. The second-order valence-corrected chi connectivity index (χ2v) is 11.7. The lowest BCUT2D eigenvalue weighted by Crippen LogP contribution is -2.48. The summed E-state index contributed by atoms with van der Waals surface area (Å²) >= 11 is 0. The van der Waals surface area contributed by atoms with Crippen LogP contribution >= 0.6 is 0 Å². The summed E-state index contributed by atoms with van der Waals surface area (Å²) in [6, 6.07) is 16.4. The van der Waals surface area contributed by atoms with Crippen LogP contribution in [-0.2, 0) is 16.0 Å². The number of nitrogens with zero attached hydrogens (tertiary/aromatic N) is 2. The van der Waals surface area contributed by atoms with E-state index >= 15 is 0 Å². The average molecular weight is 530 g/mol. The summed E-state index contributed by atoms with van der Waals surface area (Å²) in [5.41, 5.74) is 3.19. The van der Waals surface area contributed by atoms with Gasteiger partial charge in [-0.15, -0.1) is 0 Å². The molecule has 206 valence electrons. The van der Waals surface area contributed by atoms with Crippen molar-refractivity contribution in [3.63, 3.8) is 0 Å². The standard InChI is InChI=1S/C32H39N3O4/c1-20(2)16-27-26(19-34-30(38)39-31(5,6)7)28(25-14-8-21(3)9-15-25)32(29(36)37,22(4)35-27)17-23-10-12-24(18-33)13-11-23/h8-15,20,22H,16-17,19H2,1-7H3,(H,34,38)(H,36,37). The van der Waals surface area contributed by atoms with Gasteiger partial charge in [-0.05, 0) is 87.8 Å². The number of alkyl carbamates (subject to hydrolysis) is 1. The van der Waals surface area contributed by atoms with E-state index in [1.165, 1.54) is 0 Å². The van der Waals surface area contributed by atoms with Crippen LogP contribution < -0.4 is 5.32 Å². The van der Waals surface area contributed by atoms with Crippen LogP contribution in [0.2, 0.25) is 0 Å². The molecule has 2 aromatic carbocycles. The number of dihydropyridines is 1. The molecule has 0 bridgehead atoms. The van der Waals surface area contributed by atoms with Crippen LogP contribution in [0.4, 0.5) is 4.79 Å². The monoisotopic (exact) mass is 529 g/mol. The highest BCUT2D eigenvalue weighted by Gasteiger charge is 2.51. The van der Waals surface area contributed by atoms with Gasteiger partial charge in [0.2, 0.25) is 0 Å². The summed E-state index contributed by atoms with van der Waals surface area (Å²) in [7, 11) is 0. The van der Waals surface area contributed by atoms with E-state index in [2.05, 4.69) is 25.2 Å². The Morgan fingerprint density at radius 1 is 1.13 bits per heavy atom. The van der Waals surface area contributed by atoms with Gasteiger partial charge in [-0.3, -0.25) is 9.79 Å². The highest BCUT2D eigenvalue weighted by molar-refractivity contribution is 6.13. The van der Waals surface area contributed by atoms with Gasteiger partial charge in [0.25, 0.3) is 0 Å². The molecule has 2 aromatic rings. The Morgan fingerprint density at radius 2 is 1.74 bits per heavy atom. The number of benzene rings is 2. The molecule has 3 rings (SSSR count). The highest BCUT2D eigenvalue weighted by atomic mass is 16.6. The van der Waals surface area contributed by atoms with Crippen molar-refractivity contribution in [3.05, 3.63) is 76.4 Å².